The molecule has 2 rings (SSSR count). The summed E-state index contributed by atoms with van der Waals surface area (Å²) >= 11 is 0. The van der Waals surface area contributed by atoms with E-state index in [1.165, 1.54) is 16.2 Å². The van der Waals surface area contributed by atoms with Gasteiger partial charge in [-0.15, -0.1) is 0 Å². The summed E-state index contributed by atoms with van der Waals surface area (Å²) in [4.78, 5) is 23.3. The average molecular weight is 313 g/mol. The zero-order chi connectivity index (χ0) is 16.9. The van der Waals surface area contributed by atoms with Crippen LogP contribution in [0.3, 0.4) is 0 Å². The number of carbonyl (C=O) groups is 1. The van der Waals surface area contributed by atoms with Gasteiger partial charge in [0, 0.05) is 18.8 Å². The Labute approximate surface area is 136 Å². The molecule has 4 nitrogen and oxygen atoms in total. The van der Waals surface area contributed by atoms with Gasteiger partial charge >= 0.3 is 5.97 Å². The monoisotopic (exact) mass is 313 g/mol. The maximum Gasteiger partial charge on any atom is 0.307 e. The zero-order valence-corrected chi connectivity index (χ0v) is 13.9. The minimum atomic E-state index is -0.305. The van der Waals surface area contributed by atoms with Gasteiger partial charge in [-0.3, -0.25) is 9.59 Å². The van der Waals surface area contributed by atoms with Crippen molar-refractivity contribution in [3.8, 4) is 0 Å². The summed E-state index contributed by atoms with van der Waals surface area (Å²) in [6.45, 7) is 7.07. The molecule has 0 bridgehead atoms. The molecule has 2 aromatic rings. The van der Waals surface area contributed by atoms with Crippen LogP contribution in [0.5, 0.6) is 0 Å². The number of aryl methyl sites for hydroxylation is 1. The summed E-state index contributed by atoms with van der Waals surface area (Å²) in [5, 5.41) is 0. The van der Waals surface area contributed by atoms with E-state index < -0.39 is 0 Å². The Kier molecular flexibility index (Phi) is 5.37. The number of rotatable bonds is 5. The number of benzene rings is 1. The van der Waals surface area contributed by atoms with Crippen LogP contribution in [-0.4, -0.2) is 10.5 Å². The molecule has 0 unspecified atom stereocenters. The van der Waals surface area contributed by atoms with E-state index in [1.807, 2.05) is 12.1 Å². The van der Waals surface area contributed by atoms with Gasteiger partial charge in [0.15, 0.2) is 0 Å². The van der Waals surface area contributed by atoms with Gasteiger partial charge in [0.2, 0.25) is 0 Å². The number of nitrogens with zero attached hydrogens (tertiary/aromatic N) is 1. The third kappa shape index (κ3) is 5.09. The molecule has 0 saturated carbocycles. The molecule has 0 radical (unpaired) electrons. The van der Waals surface area contributed by atoms with Gasteiger partial charge in [0.1, 0.15) is 6.61 Å². The van der Waals surface area contributed by atoms with Gasteiger partial charge in [0.05, 0.1) is 6.42 Å². The van der Waals surface area contributed by atoms with E-state index >= 15 is 0 Å². The molecule has 1 aromatic carbocycles. The van der Waals surface area contributed by atoms with Gasteiger partial charge < -0.3 is 9.30 Å². The highest BCUT2D eigenvalue weighted by Gasteiger charge is 2.13. The van der Waals surface area contributed by atoms with Gasteiger partial charge in [0.25, 0.3) is 5.56 Å². The predicted molar refractivity (Wildman–Crippen MR) is 90.3 cm³/mol. The van der Waals surface area contributed by atoms with Crippen LogP contribution in [0.2, 0.25) is 0 Å². The molecule has 0 aliphatic carbocycles. The SMILES string of the molecule is CC(C)(C)c1ccc(COC(=O)CCn2ccccc2=O)cc1. The number of pyridine rings is 1. The van der Waals surface area contributed by atoms with E-state index in [1.54, 1.807) is 18.3 Å². The summed E-state index contributed by atoms with van der Waals surface area (Å²) in [7, 11) is 0. The second kappa shape index (κ2) is 7.27. The number of hydrogen-bond acceptors (Lipinski definition) is 3. The highest BCUT2D eigenvalue weighted by molar-refractivity contribution is 5.69. The summed E-state index contributed by atoms with van der Waals surface area (Å²) in [5.74, 6) is -0.305. The Bertz CT molecular complexity index is 708. The highest BCUT2D eigenvalue weighted by Crippen LogP contribution is 2.22. The molecule has 0 spiro atoms. The minimum Gasteiger partial charge on any atom is -0.461 e. The Morgan fingerprint density at radius 3 is 2.39 bits per heavy atom. The third-order valence-electron chi connectivity index (χ3n) is 3.68. The molecule has 4 heteroatoms. The van der Waals surface area contributed by atoms with Crippen molar-refractivity contribution in [2.75, 3.05) is 0 Å². The molecular weight excluding hydrogens is 290 g/mol. The number of carbonyl (C=O) groups excluding carboxylic acids is 1. The van der Waals surface area contributed by atoms with E-state index in [0.717, 1.165) is 5.56 Å². The zero-order valence-electron chi connectivity index (χ0n) is 13.9. The fourth-order valence-electron chi connectivity index (χ4n) is 2.19. The third-order valence-corrected chi connectivity index (χ3v) is 3.68. The topological polar surface area (TPSA) is 48.3 Å². The predicted octanol–water partition coefficient (Wildman–Crippen LogP) is 3.28. The maximum atomic E-state index is 11.8. The van der Waals surface area contributed by atoms with Crippen LogP contribution >= 0.6 is 0 Å². The molecule has 0 N–H and O–H groups in total. The van der Waals surface area contributed by atoms with Gasteiger partial charge in [-0.2, -0.15) is 0 Å². The van der Waals surface area contributed by atoms with Crippen LogP contribution in [0, 0.1) is 0 Å². The molecular formula is C19H23NO3. The Hall–Kier alpha value is -2.36. The molecule has 23 heavy (non-hydrogen) atoms. The van der Waals surface area contributed by atoms with Crippen LogP contribution in [0.4, 0.5) is 0 Å². The van der Waals surface area contributed by atoms with E-state index in [-0.39, 0.29) is 30.0 Å². The second-order valence-electron chi connectivity index (χ2n) is 6.59. The molecule has 0 amide bonds. The molecule has 0 saturated heterocycles. The smallest absolute Gasteiger partial charge is 0.307 e. The first-order valence-electron chi connectivity index (χ1n) is 7.77. The van der Waals surface area contributed by atoms with Crippen LogP contribution in [-0.2, 0) is 28.1 Å². The summed E-state index contributed by atoms with van der Waals surface area (Å²) in [5.41, 5.74) is 2.20. The van der Waals surface area contributed by atoms with Crippen molar-refractivity contribution in [2.24, 2.45) is 0 Å². The van der Waals surface area contributed by atoms with E-state index in [4.69, 9.17) is 4.74 Å². The van der Waals surface area contributed by atoms with Crippen molar-refractivity contribution in [2.45, 2.75) is 45.8 Å². The van der Waals surface area contributed by atoms with Gasteiger partial charge in [-0.1, -0.05) is 51.1 Å². The van der Waals surface area contributed by atoms with Crippen LogP contribution < -0.4 is 5.56 Å². The van der Waals surface area contributed by atoms with E-state index in [9.17, 15) is 9.59 Å². The molecule has 0 aliphatic heterocycles. The minimum absolute atomic E-state index is 0.109. The van der Waals surface area contributed by atoms with Crippen LogP contribution in [0.25, 0.3) is 0 Å². The summed E-state index contributed by atoms with van der Waals surface area (Å²) in [6, 6.07) is 13.0. The largest absolute Gasteiger partial charge is 0.461 e. The lowest BCUT2D eigenvalue weighted by atomic mass is 9.87. The Balaban J connectivity index is 1.83. The Morgan fingerprint density at radius 1 is 1.09 bits per heavy atom. The number of esters is 1. The lowest BCUT2D eigenvalue weighted by Crippen LogP contribution is -2.20. The first-order valence-corrected chi connectivity index (χ1v) is 7.77. The maximum absolute atomic E-state index is 11.8. The highest BCUT2D eigenvalue weighted by atomic mass is 16.5. The number of ether oxygens (including phenoxy) is 1. The van der Waals surface area contributed by atoms with Crippen molar-refractivity contribution in [3.05, 3.63) is 70.1 Å². The average Bonchev–Trinajstić information content (AvgIpc) is 2.51. The molecule has 0 aliphatic rings. The number of aromatic nitrogens is 1. The molecule has 122 valence electrons. The van der Waals surface area contributed by atoms with Gasteiger partial charge in [-0.25, -0.2) is 0 Å². The van der Waals surface area contributed by atoms with Crippen molar-refractivity contribution in [3.63, 3.8) is 0 Å². The molecule has 1 aromatic heterocycles. The van der Waals surface area contributed by atoms with E-state index in [2.05, 4.69) is 32.9 Å². The van der Waals surface area contributed by atoms with E-state index in [0.29, 0.717) is 6.54 Å². The van der Waals surface area contributed by atoms with Crippen LogP contribution in [0.15, 0.2) is 53.5 Å². The summed E-state index contributed by atoms with van der Waals surface area (Å²) in [6.07, 6.45) is 1.85. The van der Waals surface area contributed by atoms with Gasteiger partial charge in [-0.05, 0) is 22.6 Å². The molecule has 0 fully saturated rings. The van der Waals surface area contributed by atoms with Crippen molar-refractivity contribution < 1.29 is 9.53 Å². The fraction of sp³-hybridized carbons (Fsp3) is 0.368. The first-order chi connectivity index (χ1) is 10.9. The Morgan fingerprint density at radius 2 is 1.78 bits per heavy atom. The normalized spacial score (nSPS) is 11.3. The van der Waals surface area contributed by atoms with Crippen molar-refractivity contribution in [1.29, 1.82) is 0 Å². The second-order valence-corrected chi connectivity index (χ2v) is 6.59. The standard InChI is InChI=1S/C19H23NO3/c1-19(2,3)16-9-7-15(8-10-16)14-23-18(22)11-13-20-12-5-4-6-17(20)21/h4-10,12H,11,13-14H2,1-3H3. The lowest BCUT2D eigenvalue weighted by Gasteiger charge is -2.19. The first kappa shape index (κ1) is 17.0. The lowest BCUT2D eigenvalue weighted by molar-refractivity contribution is -0.145. The van der Waals surface area contributed by atoms with Crippen LogP contribution in [0.1, 0.15) is 38.3 Å². The molecule has 1 heterocycles. The van der Waals surface area contributed by atoms with Crippen molar-refractivity contribution >= 4 is 5.97 Å². The summed E-state index contributed by atoms with van der Waals surface area (Å²) < 4.78 is 6.76. The quantitative estimate of drug-likeness (QED) is 0.796. The van der Waals surface area contributed by atoms with Crippen molar-refractivity contribution in [1.82, 2.24) is 4.57 Å². The fourth-order valence-corrected chi connectivity index (χ4v) is 2.19. The number of hydrogen-bond donors (Lipinski definition) is 0. The molecule has 0 atom stereocenters.